The lowest BCUT2D eigenvalue weighted by molar-refractivity contribution is 0.0960. The fourth-order valence-corrected chi connectivity index (χ4v) is 3.41. The molecular weight excluding hydrogens is 364 g/mol. The highest BCUT2D eigenvalue weighted by Gasteiger charge is 2.16. The molecule has 6 heteroatoms. The van der Waals surface area contributed by atoms with Crippen molar-refractivity contribution in [3.05, 3.63) is 90.4 Å². The lowest BCUT2D eigenvalue weighted by atomic mass is 10.2. The molecule has 142 valence electrons. The van der Waals surface area contributed by atoms with Crippen LogP contribution in [-0.4, -0.2) is 20.4 Å². The number of hydrogen-bond acceptors (Lipinski definition) is 4. The molecule has 0 aliphatic rings. The average molecular weight is 382 g/mol. The van der Waals surface area contributed by atoms with Gasteiger partial charge in [-0.15, -0.1) is 0 Å². The number of para-hydroxylation sites is 1. The van der Waals surface area contributed by atoms with E-state index < -0.39 is 0 Å². The quantitative estimate of drug-likeness (QED) is 0.452. The average Bonchev–Trinajstić information content (AvgIpc) is 3.37. The molecule has 5 aromatic rings. The second-order valence-corrected chi connectivity index (χ2v) is 6.84. The lowest BCUT2D eigenvalue weighted by Gasteiger charge is -2.06. The van der Waals surface area contributed by atoms with Gasteiger partial charge in [-0.2, -0.15) is 0 Å². The van der Waals surface area contributed by atoms with Crippen molar-refractivity contribution in [2.45, 2.75) is 6.61 Å². The van der Waals surface area contributed by atoms with Gasteiger partial charge in [-0.3, -0.25) is 9.36 Å². The molecule has 5 rings (SSSR count). The van der Waals surface area contributed by atoms with Gasteiger partial charge in [0.2, 0.25) is 0 Å². The normalized spacial score (nSPS) is 11.2. The summed E-state index contributed by atoms with van der Waals surface area (Å²) in [5.41, 5.74) is 10.2. The summed E-state index contributed by atoms with van der Waals surface area (Å²) in [4.78, 5) is 20.5. The fraction of sp³-hybridized carbons (Fsp3) is 0.0435. The van der Waals surface area contributed by atoms with Gasteiger partial charge in [0.25, 0.3) is 5.91 Å². The number of imidazole rings is 1. The molecule has 29 heavy (non-hydrogen) atoms. The van der Waals surface area contributed by atoms with Crippen molar-refractivity contribution >= 4 is 33.5 Å². The third-order valence-corrected chi connectivity index (χ3v) is 4.90. The summed E-state index contributed by atoms with van der Waals surface area (Å²) in [5, 5.41) is 0.935. The van der Waals surface area contributed by atoms with Crippen LogP contribution in [0.4, 0.5) is 5.69 Å². The van der Waals surface area contributed by atoms with Crippen molar-refractivity contribution in [2.24, 2.45) is 0 Å². The molecule has 0 spiro atoms. The SMILES string of the molecule is Nc1cccc2c1ncn2C(=O)c1cc2ccc(OCc3ccccc3)cc2[nH]1. The highest BCUT2D eigenvalue weighted by atomic mass is 16.5. The first-order valence-electron chi connectivity index (χ1n) is 9.25. The van der Waals surface area contributed by atoms with Gasteiger partial charge in [-0.1, -0.05) is 36.4 Å². The minimum Gasteiger partial charge on any atom is -0.489 e. The third-order valence-electron chi connectivity index (χ3n) is 4.90. The Kier molecular flexibility index (Phi) is 4.02. The minimum absolute atomic E-state index is 0.193. The topological polar surface area (TPSA) is 85.9 Å². The Balaban J connectivity index is 1.43. The highest BCUT2D eigenvalue weighted by Crippen LogP contribution is 2.24. The van der Waals surface area contributed by atoms with Crippen LogP contribution in [-0.2, 0) is 6.61 Å². The maximum atomic E-state index is 13.0. The van der Waals surface area contributed by atoms with Gasteiger partial charge >= 0.3 is 0 Å². The number of nitrogens with zero attached hydrogens (tertiary/aromatic N) is 2. The number of fused-ring (bicyclic) bond motifs is 2. The number of aromatic amines is 1. The Hall–Kier alpha value is -4.06. The maximum Gasteiger partial charge on any atom is 0.280 e. The second-order valence-electron chi connectivity index (χ2n) is 6.84. The number of nitrogen functional groups attached to an aromatic ring is 1. The molecule has 0 amide bonds. The summed E-state index contributed by atoms with van der Waals surface area (Å²) >= 11 is 0. The van der Waals surface area contributed by atoms with Crippen LogP contribution in [0.1, 0.15) is 16.1 Å². The first kappa shape index (κ1) is 17.1. The van der Waals surface area contributed by atoms with Gasteiger partial charge in [0.05, 0.1) is 11.2 Å². The Bertz CT molecular complexity index is 1340. The molecule has 3 N–H and O–H groups in total. The lowest BCUT2D eigenvalue weighted by Crippen LogP contribution is -2.11. The Morgan fingerprint density at radius 1 is 1.03 bits per heavy atom. The molecule has 3 aromatic carbocycles. The van der Waals surface area contributed by atoms with Crippen LogP contribution < -0.4 is 10.5 Å². The molecule has 0 unspecified atom stereocenters. The van der Waals surface area contributed by atoms with E-state index in [9.17, 15) is 4.79 Å². The van der Waals surface area contributed by atoms with Crippen LogP contribution in [0.15, 0.2) is 79.1 Å². The molecule has 0 atom stereocenters. The molecule has 2 aromatic heterocycles. The van der Waals surface area contributed by atoms with E-state index in [4.69, 9.17) is 10.5 Å². The largest absolute Gasteiger partial charge is 0.489 e. The van der Waals surface area contributed by atoms with Gasteiger partial charge in [0, 0.05) is 17.0 Å². The predicted molar refractivity (Wildman–Crippen MR) is 113 cm³/mol. The van der Waals surface area contributed by atoms with Crippen molar-refractivity contribution in [1.82, 2.24) is 14.5 Å². The van der Waals surface area contributed by atoms with Crippen LogP contribution in [0.2, 0.25) is 0 Å². The molecule has 0 aliphatic heterocycles. The summed E-state index contributed by atoms with van der Waals surface area (Å²) < 4.78 is 7.38. The van der Waals surface area contributed by atoms with E-state index >= 15 is 0 Å². The highest BCUT2D eigenvalue weighted by molar-refractivity contribution is 6.04. The number of rotatable bonds is 4. The Morgan fingerprint density at radius 2 is 1.90 bits per heavy atom. The van der Waals surface area contributed by atoms with E-state index in [1.807, 2.05) is 66.7 Å². The Labute approximate surface area is 166 Å². The van der Waals surface area contributed by atoms with Crippen LogP contribution in [0.25, 0.3) is 21.9 Å². The van der Waals surface area contributed by atoms with E-state index in [1.54, 1.807) is 6.07 Å². The number of benzene rings is 3. The van der Waals surface area contributed by atoms with Crippen molar-refractivity contribution in [1.29, 1.82) is 0 Å². The van der Waals surface area contributed by atoms with E-state index in [0.29, 0.717) is 29.0 Å². The van der Waals surface area contributed by atoms with Crippen molar-refractivity contribution < 1.29 is 9.53 Å². The monoisotopic (exact) mass is 382 g/mol. The van der Waals surface area contributed by atoms with Gasteiger partial charge in [0.1, 0.15) is 29.9 Å². The number of hydrogen-bond donors (Lipinski definition) is 2. The molecular formula is C23H18N4O2. The zero-order chi connectivity index (χ0) is 19.8. The number of carbonyl (C=O) groups is 1. The minimum atomic E-state index is -0.193. The van der Waals surface area contributed by atoms with E-state index in [1.165, 1.54) is 10.9 Å². The van der Waals surface area contributed by atoms with Crippen molar-refractivity contribution in [2.75, 3.05) is 5.73 Å². The number of aromatic nitrogens is 3. The van der Waals surface area contributed by atoms with Crippen LogP contribution >= 0.6 is 0 Å². The summed E-state index contributed by atoms with van der Waals surface area (Å²) in [6.45, 7) is 0.487. The molecule has 0 fully saturated rings. The first-order chi connectivity index (χ1) is 14.2. The number of nitrogens with two attached hydrogens (primary N) is 1. The number of carbonyl (C=O) groups excluding carboxylic acids is 1. The second kappa shape index (κ2) is 6.83. The van der Waals surface area contributed by atoms with Gasteiger partial charge in [-0.25, -0.2) is 4.98 Å². The van der Waals surface area contributed by atoms with E-state index in [2.05, 4.69) is 9.97 Å². The standard InChI is InChI=1S/C23H18N4O2/c24-18-7-4-8-21-22(18)25-14-27(21)23(28)20-11-16-9-10-17(12-19(16)26-20)29-13-15-5-2-1-3-6-15/h1-12,14,26H,13,24H2. The van der Waals surface area contributed by atoms with Crippen LogP contribution in [0.3, 0.4) is 0 Å². The third kappa shape index (κ3) is 3.10. The molecule has 6 nitrogen and oxygen atoms in total. The zero-order valence-corrected chi connectivity index (χ0v) is 15.5. The summed E-state index contributed by atoms with van der Waals surface area (Å²) in [6, 6.07) is 23.0. The Morgan fingerprint density at radius 3 is 2.76 bits per heavy atom. The maximum absolute atomic E-state index is 13.0. The smallest absolute Gasteiger partial charge is 0.280 e. The van der Waals surface area contributed by atoms with Crippen LogP contribution in [0, 0.1) is 0 Å². The molecule has 0 aliphatic carbocycles. The van der Waals surface area contributed by atoms with Gasteiger partial charge in [0.15, 0.2) is 0 Å². The van der Waals surface area contributed by atoms with Crippen molar-refractivity contribution in [3.8, 4) is 5.75 Å². The number of nitrogens with one attached hydrogen (secondary N) is 1. The number of H-pyrrole nitrogens is 1. The summed E-state index contributed by atoms with van der Waals surface area (Å²) in [6.07, 6.45) is 1.50. The molecule has 0 saturated carbocycles. The molecule has 0 radical (unpaired) electrons. The first-order valence-corrected chi connectivity index (χ1v) is 9.25. The van der Waals surface area contributed by atoms with Crippen molar-refractivity contribution in [3.63, 3.8) is 0 Å². The molecule has 0 bridgehead atoms. The van der Waals surface area contributed by atoms with Crippen LogP contribution in [0.5, 0.6) is 5.75 Å². The summed E-state index contributed by atoms with van der Waals surface area (Å²) in [7, 11) is 0. The zero-order valence-electron chi connectivity index (χ0n) is 15.5. The predicted octanol–water partition coefficient (Wildman–Crippen LogP) is 4.37. The summed E-state index contributed by atoms with van der Waals surface area (Å²) in [5.74, 6) is 0.545. The van der Waals surface area contributed by atoms with Gasteiger partial charge in [-0.05, 0) is 35.9 Å². The fourth-order valence-electron chi connectivity index (χ4n) is 3.41. The molecule has 0 saturated heterocycles. The van der Waals surface area contributed by atoms with Gasteiger partial charge < -0.3 is 15.5 Å². The number of anilines is 1. The number of ether oxygens (including phenoxy) is 1. The van der Waals surface area contributed by atoms with E-state index in [0.717, 1.165) is 22.2 Å². The van der Waals surface area contributed by atoms with E-state index in [-0.39, 0.29) is 5.91 Å². The molecule has 2 heterocycles.